The summed E-state index contributed by atoms with van der Waals surface area (Å²) in [7, 11) is 1.71. The predicted molar refractivity (Wildman–Crippen MR) is 102 cm³/mol. The van der Waals surface area contributed by atoms with Crippen molar-refractivity contribution in [3.8, 4) is 0 Å². The Morgan fingerprint density at radius 3 is 2.80 bits per heavy atom. The zero-order chi connectivity index (χ0) is 18.1. The van der Waals surface area contributed by atoms with E-state index in [4.69, 9.17) is 10.5 Å². The Labute approximate surface area is 149 Å². The first-order chi connectivity index (χ1) is 12.2. The molecule has 1 saturated carbocycles. The second kappa shape index (κ2) is 10.1. The van der Waals surface area contributed by atoms with Crippen molar-refractivity contribution in [1.82, 2.24) is 0 Å². The summed E-state index contributed by atoms with van der Waals surface area (Å²) in [5.41, 5.74) is 8.65. The number of halogens is 1. The van der Waals surface area contributed by atoms with E-state index in [0.717, 1.165) is 23.3 Å². The number of aliphatic imine (C=N–C) groups is 2. The number of benzene rings is 1. The van der Waals surface area contributed by atoms with Crippen molar-refractivity contribution in [3.05, 3.63) is 46.9 Å². The quantitative estimate of drug-likeness (QED) is 0.545. The predicted octanol–water partition coefficient (Wildman–Crippen LogP) is 3.91. The van der Waals surface area contributed by atoms with Crippen LogP contribution >= 0.6 is 0 Å². The molecule has 1 aromatic carbocycles. The molecule has 0 aliphatic heterocycles. The maximum atomic E-state index is 13.3. The second-order valence-electron chi connectivity index (χ2n) is 6.19. The molecule has 0 atom stereocenters. The fourth-order valence-corrected chi connectivity index (χ4v) is 2.59. The third-order valence-electron chi connectivity index (χ3n) is 4.12. The lowest BCUT2D eigenvalue weighted by molar-refractivity contribution is 0.307. The fourth-order valence-electron chi connectivity index (χ4n) is 2.59. The van der Waals surface area contributed by atoms with Gasteiger partial charge >= 0.3 is 0 Å². The summed E-state index contributed by atoms with van der Waals surface area (Å²) in [6.45, 7) is 3.04. The van der Waals surface area contributed by atoms with Gasteiger partial charge in [0.05, 0.1) is 6.61 Å². The van der Waals surface area contributed by atoms with Crippen LogP contribution in [-0.4, -0.2) is 32.3 Å². The molecule has 0 amide bonds. The molecule has 2 N–H and O–H groups in total. The monoisotopic (exact) mass is 345 g/mol. The zero-order valence-electron chi connectivity index (χ0n) is 15.2. The molecule has 136 valence electrons. The number of allylic oxidation sites excluding steroid dienone is 1. The first-order valence-electron chi connectivity index (χ1n) is 8.98. The molecule has 25 heavy (non-hydrogen) atoms. The first kappa shape index (κ1) is 19.3. The van der Waals surface area contributed by atoms with E-state index in [-0.39, 0.29) is 5.82 Å². The van der Waals surface area contributed by atoms with Crippen molar-refractivity contribution in [2.45, 2.75) is 39.0 Å². The van der Waals surface area contributed by atoms with E-state index in [9.17, 15) is 4.39 Å². The van der Waals surface area contributed by atoms with E-state index in [1.165, 1.54) is 25.0 Å². The average Bonchev–Trinajstić information content (AvgIpc) is 3.43. The highest BCUT2D eigenvalue weighted by atomic mass is 19.1. The zero-order valence-corrected chi connectivity index (χ0v) is 15.2. The third kappa shape index (κ3) is 6.42. The third-order valence-corrected chi connectivity index (χ3v) is 4.12. The molecule has 0 aromatic heterocycles. The van der Waals surface area contributed by atoms with Crippen LogP contribution in [0, 0.1) is 11.7 Å². The van der Waals surface area contributed by atoms with Gasteiger partial charge in [0.25, 0.3) is 0 Å². The van der Waals surface area contributed by atoms with E-state index in [0.29, 0.717) is 37.8 Å². The van der Waals surface area contributed by atoms with Crippen LogP contribution in [0.25, 0.3) is 0 Å². The molecule has 5 heteroatoms. The lowest BCUT2D eigenvalue weighted by Crippen LogP contribution is -2.16. The highest BCUT2D eigenvalue weighted by Crippen LogP contribution is 2.27. The lowest BCUT2D eigenvalue weighted by Gasteiger charge is -2.14. The molecule has 1 aliphatic rings. The summed E-state index contributed by atoms with van der Waals surface area (Å²) >= 11 is 0. The van der Waals surface area contributed by atoms with Crippen LogP contribution in [0.4, 0.5) is 4.39 Å². The normalized spacial score (nSPS) is 16.2. The van der Waals surface area contributed by atoms with Gasteiger partial charge in [-0.25, -0.2) is 4.39 Å². The molecule has 0 spiro atoms. The van der Waals surface area contributed by atoms with Gasteiger partial charge in [0.2, 0.25) is 5.90 Å². The van der Waals surface area contributed by atoms with Crippen LogP contribution in [0.5, 0.6) is 0 Å². The van der Waals surface area contributed by atoms with Gasteiger partial charge in [-0.2, -0.15) is 0 Å². The number of nitrogens with zero attached hydrogens (tertiary/aromatic N) is 2. The minimum Gasteiger partial charge on any atom is -0.477 e. The van der Waals surface area contributed by atoms with Crippen LogP contribution in [-0.2, 0) is 11.2 Å². The fraction of sp³-hybridized carbons (Fsp3) is 0.500. The summed E-state index contributed by atoms with van der Waals surface area (Å²) in [5.74, 6) is 0.983. The number of rotatable bonds is 9. The van der Waals surface area contributed by atoms with Crippen LogP contribution in [0.3, 0.4) is 0 Å². The Balaban J connectivity index is 2.05. The van der Waals surface area contributed by atoms with E-state index >= 15 is 0 Å². The molecule has 0 unspecified atom stereocenters. The molecule has 1 aliphatic carbocycles. The highest BCUT2D eigenvalue weighted by molar-refractivity contribution is 5.94. The molecule has 4 nitrogen and oxygen atoms in total. The van der Waals surface area contributed by atoms with Crippen LogP contribution in [0.1, 0.15) is 38.2 Å². The van der Waals surface area contributed by atoms with Crippen molar-refractivity contribution in [2.24, 2.45) is 21.6 Å². The standard InChI is InChI=1S/C20H28FN3O/c1-3-19(24-14-16-7-8-16)18(9-11-22)20(23-2)25-12-10-15-5-4-6-17(21)13-15/h4-6,13-14,16H,3,7-12,22H2,1-2H3/b19-18-,23-20?,24-14?. The number of ether oxygens (including phenoxy) is 1. The Hall–Kier alpha value is -2.01. The Kier molecular flexibility index (Phi) is 7.79. The Morgan fingerprint density at radius 1 is 1.40 bits per heavy atom. The molecule has 0 radical (unpaired) electrons. The summed E-state index contributed by atoms with van der Waals surface area (Å²) in [4.78, 5) is 8.96. The smallest absolute Gasteiger partial charge is 0.213 e. The van der Waals surface area contributed by atoms with E-state index in [1.54, 1.807) is 13.1 Å². The van der Waals surface area contributed by atoms with E-state index < -0.39 is 0 Å². The van der Waals surface area contributed by atoms with Crippen LogP contribution < -0.4 is 5.73 Å². The molecular formula is C20H28FN3O. The summed E-state index contributed by atoms with van der Waals surface area (Å²) in [6.07, 6.45) is 6.61. The number of hydrogen-bond acceptors (Lipinski definition) is 4. The Bertz CT molecular complexity index is 648. The van der Waals surface area contributed by atoms with Gasteiger partial charge in [-0.1, -0.05) is 19.1 Å². The van der Waals surface area contributed by atoms with E-state index in [2.05, 4.69) is 16.9 Å². The topological polar surface area (TPSA) is 60.0 Å². The van der Waals surface area contributed by atoms with Crippen molar-refractivity contribution < 1.29 is 9.13 Å². The molecule has 2 rings (SSSR count). The molecule has 1 fully saturated rings. The van der Waals surface area contributed by atoms with E-state index in [1.807, 2.05) is 12.3 Å². The minimum absolute atomic E-state index is 0.228. The van der Waals surface area contributed by atoms with Gasteiger partial charge in [0.15, 0.2) is 0 Å². The maximum absolute atomic E-state index is 13.3. The van der Waals surface area contributed by atoms with Crippen LogP contribution in [0.2, 0.25) is 0 Å². The molecule has 0 saturated heterocycles. The van der Waals surface area contributed by atoms with Gasteiger partial charge in [-0.15, -0.1) is 0 Å². The SMILES string of the molecule is CC/C(N=CC1CC1)=C(\CCN)C(=NC)OCCc1cccc(F)c1. The van der Waals surface area contributed by atoms with Crippen molar-refractivity contribution in [3.63, 3.8) is 0 Å². The maximum Gasteiger partial charge on any atom is 0.213 e. The average molecular weight is 345 g/mol. The summed E-state index contributed by atoms with van der Waals surface area (Å²) < 4.78 is 19.1. The Morgan fingerprint density at radius 2 is 2.20 bits per heavy atom. The lowest BCUT2D eigenvalue weighted by atomic mass is 10.1. The number of nitrogens with two attached hydrogens (primary N) is 1. The van der Waals surface area contributed by atoms with Crippen molar-refractivity contribution in [1.29, 1.82) is 0 Å². The van der Waals surface area contributed by atoms with Gasteiger partial charge < -0.3 is 10.5 Å². The van der Waals surface area contributed by atoms with Crippen molar-refractivity contribution >= 4 is 12.1 Å². The van der Waals surface area contributed by atoms with Gasteiger partial charge in [0, 0.05) is 31.0 Å². The van der Waals surface area contributed by atoms with Gasteiger partial charge in [-0.3, -0.25) is 9.98 Å². The minimum atomic E-state index is -0.228. The molecule has 1 aromatic rings. The molecule has 0 bridgehead atoms. The van der Waals surface area contributed by atoms with Gasteiger partial charge in [0.1, 0.15) is 5.82 Å². The second-order valence-corrected chi connectivity index (χ2v) is 6.19. The summed E-state index contributed by atoms with van der Waals surface area (Å²) in [6, 6.07) is 6.57. The largest absolute Gasteiger partial charge is 0.477 e. The number of hydrogen-bond donors (Lipinski definition) is 1. The molecular weight excluding hydrogens is 317 g/mol. The van der Waals surface area contributed by atoms with Crippen LogP contribution in [0.15, 0.2) is 45.5 Å². The highest BCUT2D eigenvalue weighted by Gasteiger charge is 2.19. The van der Waals surface area contributed by atoms with Crippen molar-refractivity contribution in [2.75, 3.05) is 20.2 Å². The molecule has 0 heterocycles. The first-order valence-corrected chi connectivity index (χ1v) is 8.98. The summed E-state index contributed by atoms with van der Waals surface area (Å²) in [5, 5.41) is 0. The van der Waals surface area contributed by atoms with Gasteiger partial charge in [-0.05, 0) is 55.8 Å².